The van der Waals surface area contributed by atoms with Crippen molar-refractivity contribution in [3.63, 3.8) is 0 Å². The van der Waals surface area contributed by atoms with Crippen molar-refractivity contribution in [1.82, 2.24) is 5.16 Å². The van der Waals surface area contributed by atoms with Crippen molar-refractivity contribution < 1.29 is 33.5 Å². The van der Waals surface area contributed by atoms with Gasteiger partial charge in [0.15, 0.2) is 0 Å². The first-order chi connectivity index (χ1) is 13.3. The second-order valence-corrected chi connectivity index (χ2v) is 5.33. The first-order valence-electron chi connectivity index (χ1n) is 7.89. The van der Waals surface area contributed by atoms with Crippen molar-refractivity contribution in [3.8, 4) is 11.8 Å². The Bertz CT molecular complexity index is 858. The van der Waals surface area contributed by atoms with E-state index in [1.807, 2.05) is 6.07 Å². The summed E-state index contributed by atoms with van der Waals surface area (Å²) in [5, 5.41) is 28.5. The van der Waals surface area contributed by atoms with Gasteiger partial charge in [0.25, 0.3) is 0 Å². The van der Waals surface area contributed by atoms with Gasteiger partial charge in [-0.15, -0.1) is 0 Å². The Balaban J connectivity index is 0.000000416. The smallest absolute Gasteiger partial charge is 0.328 e. The first kappa shape index (κ1) is 22.3. The molecule has 0 fully saturated rings. The topological polar surface area (TPSA) is 160 Å². The third kappa shape index (κ3) is 7.27. The van der Waals surface area contributed by atoms with Crippen molar-refractivity contribution in [2.24, 2.45) is 5.73 Å². The van der Waals surface area contributed by atoms with Crippen LogP contribution in [0.1, 0.15) is 29.3 Å². The number of hydrogen-bond acceptors (Lipinski definition) is 7. The standard InChI is InChI=1S/C14H14FN3O2.C4H4O4/c1-9-6-14(10(8-17)7-11(9)15)20-13(2-4-16)12-3-5-19-18-12;5-3(6)1-2-4(7)8/h3,5-7,13H,2,4,16H2,1H3;1-2H,(H,5,6)(H,7,8)/t13-;/m1./s1. The maximum Gasteiger partial charge on any atom is 0.328 e. The first-order valence-corrected chi connectivity index (χ1v) is 7.89. The molecule has 9 nitrogen and oxygen atoms in total. The molecule has 10 heteroatoms. The summed E-state index contributed by atoms with van der Waals surface area (Å²) < 4.78 is 24.0. The van der Waals surface area contributed by atoms with Crippen LogP contribution in [-0.4, -0.2) is 33.9 Å². The summed E-state index contributed by atoms with van der Waals surface area (Å²) in [5.41, 5.74) is 6.68. The van der Waals surface area contributed by atoms with Crippen LogP contribution in [-0.2, 0) is 9.59 Å². The van der Waals surface area contributed by atoms with Gasteiger partial charge in [0.05, 0.1) is 5.56 Å². The Labute approximate surface area is 159 Å². The molecule has 0 aliphatic heterocycles. The quantitative estimate of drug-likeness (QED) is 0.601. The predicted octanol–water partition coefficient (Wildman–Crippen LogP) is 2.17. The third-order valence-electron chi connectivity index (χ3n) is 3.24. The van der Waals surface area contributed by atoms with E-state index in [1.165, 1.54) is 12.3 Å². The highest BCUT2D eigenvalue weighted by Gasteiger charge is 2.18. The number of ether oxygens (including phenoxy) is 1. The summed E-state index contributed by atoms with van der Waals surface area (Å²) in [7, 11) is 0. The molecular weight excluding hydrogens is 373 g/mol. The van der Waals surface area contributed by atoms with Gasteiger partial charge in [-0.2, -0.15) is 5.26 Å². The normalized spacial score (nSPS) is 11.2. The van der Waals surface area contributed by atoms with E-state index in [4.69, 9.17) is 30.5 Å². The maximum atomic E-state index is 13.5. The van der Waals surface area contributed by atoms with Crippen molar-refractivity contribution in [2.45, 2.75) is 19.4 Å². The second kappa shape index (κ2) is 11.1. The van der Waals surface area contributed by atoms with Gasteiger partial charge in [0.2, 0.25) is 0 Å². The van der Waals surface area contributed by atoms with Crippen LogP contribution >= 0.6 is 0 Å². The lowest BCUT2D eigenvalue weighted by molar-refractivity contribution is -0.134. The van der Waals surface area contributed by atoms with Crippen LogP contribution in [0.5, 0.6) is 5.75 Å². The summed E-state index contributed by atoms with van der Waals surface area (Å²) in [6.45, 7) is 2.00. The molecule has 0 amide bonds. The second-order valence-electron chi connectivity index (χ2n) is 5.33. The lowest BCUT2D eigenvalue weighted by atomic mass is 10.1. The third-order valence-corrected chi connectivity index (χ3v) is 3.24. The van der Waals surface area contributed by atoms with E-state index in [2.05, 4.69) is 5.16 Å². The summed E-state index contributed by atoms with van der Waals surface area (Å²) in [4.78, 5) is 19.1. The van der Waals surface area contributed by atoms with Crippen molar-refractivity contribution >= 4 is 11.9 Å². The molecule has 4 N–H and O–H groups in total. The molecule has 0 spiro atoms. The zero-order chi connectivity index (χ0) is 21.1. The Morgan fingerprint density at radius 2 is 2.04 bits per heavy atom. The van der Waals surface area contributed by atoms with Gasteiger partial charge in [-0.25, -0.2) is 14.0 Å². The minimum absolute atomic E-state index is 0.138. The summed E-state index contributed by atoms with van der Waals surface area (Å²) in [5.74, 6) is -2.64. The number of carboxylic acid groups (broad SMARTS) is 2. The van der Waals surface area contributed by atoms with Crippen LogP contribution in [0.3, 0.4) is 0 Å². The van der Waals surface area contributed by atoms with Gasteiger partial charge >= 0.3 is 11.9 Å². The molecule has 2 aromatic rings. The van der Waals surface area contributed by atoms with Crippen LogP contribution in [0.2, 0.25) is 0 Å². The highest BCUT2D eigenvalue weighted by molar-refractivity contribution is 5.89. The zero-order valence-corrected chi connectivity index (χ0v) is 14.8. The van der Waals surface area contributed by atoms with Crippen molar-refractivity contribution in [1.29, 1.82) is 5.26 Å². The Hall–Kier alpha value is -3.71. The fraction of sp³-hybridized carbons (Fsp3) is 0.222. The van der Waals surface area contributed by atoms with E-state index >= 15 is 0 Å². The molecule has 0 radical (unpaired) electrons. The van der Waals surface area contributed by atoms with Crippen LogP contribution in [0, 0.1) is 24.1 Å². The molecular formula is C18H18FN3O6. The number of aliphatic carboxylic acids is 2. The van der Waals surface area contributed by atoms with Crippen LogP contribution in [0.4, 0.5) is 4.39 Å². The van der Waals surface area contributed by atoms with Gasteiger partial charge in [-0.3, -0.25) is 0 Å². The molecule has 2 rings (SSSR count). The molecule has 1 heterocycles. The molecule has 148 valence electrons. The number of benzene rings is 1. The van der Waals surface area contributed by atoms with Gasteiger partial charge in [-0.05, 0) is 31.2 Å². The van der Waals surface area contributed by atoms with Crippen molar-refractivity contribution in [3.05, 3.63) is 59.3 Å². The lowest BCUT2D eigenvalue weighted by Crippen LogP contribution is -2.14. The molecule has 0 aliphatic rings. The number of carboxylic acids is 2. The van der Waals surface area contributed by atoms with E-state index in [1.54, 1.807) is 13.0 Å². The van der Waals surface area contributed by atoms with Crippen molar-refractivity contribution in [2.75, 3.05) is 6.54 Å². The average molecular weight is 391 g/mol. The maximum absolute atomic E-state index is 13.5. The van der Waals surface area contributed by atoms with E-state index < -0.39 is 23.9 Å². The van der Waals surface area contributed by atoms with E-state index in [9.17, 15) is 14.0 Å². The van der Waals surface area contributed by atoms with Crippen LogP contribution in [0.15, 0.2) is 41.1 Å². The van der Waals surface area contributed by atoms with Gasteiger partial charge < -0.3 is 25.2 Å². The number of rotatable bonds is 7. The molecule has 1 aromatic heterocycles. The SMILES string of the molecule is Cc1cc(O[C@H](CCN)c2ccon2)c(C#N)cc1F.O=C(O)C=CC(=O)O. The van der Waals surface area contributed by atoms with E-state index in [-0.39, 0.29) is 5.56 Å². The Morgan fingerprint density at radius 3 is 2.50 bits per heavy atom. The van der Waals surface area contributed by atoms with Gasteiger partial charge in [0.1, 0.15) is 35.7 Å². The molecule has 0 aliphatic carbocycles. The molecule has 1 aromatic carbocycles. The lowest BCUT2D eigenvalue weighted by Gasteiger charge is -2.17. The highest BCUT2D eigenvalue weighted by atomic mass is 19.1. The molecule has 0 unspecified atom stereocenters. The number of nitriles is 1. The summed E-state index contributed by atoms with van der Waals surface area (Å²) in [6, 6.07) is 6.24. The Kier molecular flexibility index (Phi) is 8.85. The number of halogens is 1. The van der Waals surface area contributed by atoms with E-state index in [0.29, 0.717) is 42.1 Å². The van der Waals surface area contributed by atoms with Gasteiger partial charge in [-0.1, -0.05) is 5.16 Å². The summed E-state index contributed by atoms with van der Waals surface area (Å²) >= 11 is 0. The fourth-order valence-corrected chi connectivity index (χ4v) is 1.94. The minimum atomic E-state index is -1.26. The van der Waals surface area contributed by atoms with Crippen LogP contribution < -0.4 is 10.5 Å². The summed E-state index contributed by atoms with van der Waals surface area (Å²) in [6.07, 6.45) is 2.62. The molecule has 1 atom stereocenters. The number of nitrogens with two attached hydrogens (primary N) is 1. The molecule has 0 saturated heterocycles. The van der Waals surface area contributed by atoms with Gasteiger partial charge in [0, 0.05) is 24.6 Å². The van der Waals surface area contributed by atoms with Crippen LogP contribution in [0.25, 0.3) is 0 Å². The average Bonchev–Trinajstić information content (AvgIpc) is 3.17. The Morgan fingerprint density at radius 1 is 1.39 bits per heavy atom. The number of hydrogen-bond donors (Lipinski definition) is 3. The monoisotopic (exact) mass is 391 g/mol. The zero-order valence-electron chi connectivity index (χ0n) is 14.8. The molecule has 28 heavy (non-hydrogen) atoms. The highest BCUT2D eigenvalue weighted by Crippen LogP contribution is 2.28. The predicted molar refractivity (Wildman–Crippen MR) is 93.8 cm³/mol. The van der Waals surface area contributed by atoms with E-state index in [0.717, 1.165) is 6.07 Å². The number of aryl methyl sites for hydroxylation is 1. The number of carbonyl (C=O) groups is 2. The number of nitrogens with zero attached hydrogens (tertiary/aromatic N) is 2. The minimum Gasteiger partial charge on any atom is -0.483 e. The largest absolute Gasteiger partial charge is 0.483 e. The molecule has 0 saturated carbocycles. The number of aromatic nitrogens is 1. The fourth-order valence-electron chi connectivity index (χ4n) is 1.94. The molecule has 0 bridgehead atoms.